The molecule has 7 nitrogen and oxygen atoms in total. The summed E-state index contributed by atoms with van der Waals surface area (Å²) >= 11 is 8.58. The minimum atomic E-state index is -4.67. The Morgan fingerprint density at radius 1 is 1.10 bits per heavy atom. The van der Waals surface area contributed by atoms with E-state index in [1.54, 1.807) is 34.1 Å². The van der Waals surface area contributed by atoms with E-state index < -0.39 is 22.4 Å². The normalized spacial score (nSPS) is 14.3. The van der Waals surface area contributed by atoms with E-state index in [0.29, 0.717) is 37.8 Å². The Morgan fingerprint density at radius 3 is 2.26 bits per heavy atom. The maximum absolute atomic E-state index is 12.9. The van der Waals surface area contributed by atoms with Crippen molar-refractivity contribution in [2.75, 3.05) is 31.1 Å². The van der Waals surface area contributed by atoms with Crippen LogP contribution in [0, 0.1) is 10.1 Å². The average molecular weight is 517 g/mol. The number of thiocarbonyl (C=S) groups is 1. The van der Waals surface area contributed by atoms with E-state index in [2.05, 4.69) is 21.2 Å². The van der Waals surface area contributed by atoms with Crippen LogP contribution in [0.5, 0.6) is 0 Å². The fourth-order valence-electron chi connectivity index (χ4n) is 3.11. The van der Waals surface area contributed by atoms with Crippen LogP contribution in [-0.4, -0.2) is 47.0 Å². The molecule has 0 saturated carbocycles. The Morgan fingerprint density at radius 2 is 1.71 bits per heavy atom. The molecule has 164 valence electrons. The molecule has 1 heterocycles. The molecule has 0 unspecified atom stereocenters. The lowest BCUT2D eigenvalue weighted by Crippen LogP contribution is -2.52. The monoisotopic (exact) mass is 516 g/mol. The van der Waals surface area contributed by atoms with Crippen LogP contribution in [0.1, 0.15) is 15.9 Å². The van der Waals surface area contributed by atoms with E-state index in [0.717, 1.165) is 16.6 Å². The second kappa shape index (κ2) is 9.18. The number of carbonyl (C=O) groups is 1. The van der Waals surface area contributed by atoms with E-state index in [1.807, 2.05) is 0 Å². The van der Waals surface area contributed by atoms with Gasteiger partial charge in [0.2, 0.25) is 0 Å². The van der Waals surface area contributed by atoms with Crippen molar-refractivity contribution in [1.82, 2.24) is 10.2 Å². The molecule has 3 rings (SSSR count). The lowest BCUT2D eigenvalue weighted by Gasteiger charge is -2.37. The topological polar surface area (TPSA) is 78.7 Å². The summed E-state index contributed by atoms with van der Waals surface area (Å²) in [6.45, 7) is 1.27. The third-order valence-corrected chi connectivity index (χ3v) is 5.62. The first-order valence-corrected chi connectivity index (χ1v) is 10.2. The van der Waals surface area contributed by atoms with Gasteiger partial charge in [-0.05, 0) is 48.6 Å². The lowest BCUT2D eigenvalue weighted by molar-refractivity contribution is -0.384. The van der Waals surface area contributed by atoms with E-state index in [9.17, 15) is 28.1 Å². The first kappa shape index (κ1) is 22.9. The number of nitrogens with zero attached hydrogens (tertiary/aromatic N) is 3. The summed E-state index contributed by atoms with van der Waals surface area (Å²) < 4.78 is 39.5. The van der Waals surface area contributed by atoms with Crippen LogP contribution >= 0.6 is 28.1 Å². The van der Waals surface area contributed by atoms with Crippen molar-refractivity contribution in [3.63, 3.8) is 0 Å². The van der Waals surface area contributed by atoms with Gasteiger partial charge < -0.3 is 9.80 Å². The van der Waals surface area contributed by atoms with E-state index in [4.69, 9.17) is 12.2 Å². The average Bonchev–Trinajstić information content (AvgIpc) is 2.73. The van der Waals surface area contributed by atoms with Gasteiger partial charge in [0, 0.05) is 42.3 Å². The predicted octanol–water partition coefficient (Wildman–Crippen LogP) is 4.21. The molecule has 0 aromatic heterocycles. The lowest BCUT2D eigenvalue weighted by atomic mass is 10.1. The Balaban J connectivity index is 1.65. The van der Waals surface area contributed by atoms with Crippen LogP contribution in [0.2, 0.25) is 0 Å². The third-order valence-electron chi connectivity index (χ3n) is 4.73. The highest BCUT2D eigenvalue weighted by molar-refractivity contribution is 9.10. The summed E-state index contributed by atoms with van der Waals surface area (Å²) in [7, 11) is 0. The van der Waals surface area contributed by atoms with Crippen LogP contribution in [0.4, 0.5) is 24.5 Å². The predicted molar refractivity (Wildman–Crippen MR) is 116 cm³/mol. The number of nitrogens with one attached hydrogen (secondary N) is 1. The smallest absolute Gasteiger partial charge is 0.362 e. The zero-order valence-electron chi connectivity index (χ0n) is 15.9. The van der Waals surface area contributed by atoms with Gasteiger partial charge in [-0.1, -0.05) is 15.9 Å². The SMILES string of the molecule is O=C(NC(=S)N1CCN(c2ccc(C(F)(F)F)cc2[N+](=O)[O-])CC1)c1ccc(Br)cc1. The number of rotatable bonds is 3. The van der Waals surface area contributed by atoms with Crippen molar-refractivity contribution < 1.29 is 22.9 Å². The summed E-state index contributed by atoms with van der Waals surface area (Å²) in [5.74, 6) is -0.363. The highest BCUT2D eigenvalue weighted by Crippen LogP contribution is 2.36. The summed E-state index contributed by atoms with van der Waals surface area (Å²) in [5, 5.41) is 14.2. The van der Waals surface area contributed by atoms with E-state index in [-0.39, 0.29) is 16.7 Å². The highest BCUT2D eigenvalue weighted by atomic mass is 79.9. The van der Waals surface area contributed by atoms with Gasteiger partial charge >= 0.3 is 6.18 Å². The fraction of sp³-hybridized carbons (Fsp3) is 0.263. The Labute approximate surface area is 189 Å². The standard InChI is InChI=1S/C19H16BrF3N4O3S/c20-14-4-1-12(2-5-14)17(28)24-18(31)26-9-7-25(8-10-26)15-6-3-13(19(21,22)23)11-16(15)27(29)30/h1-6,11H,7-10H2,(H,24,28,31). The van der Waals surface area contributed by atoms with Gasteiger partial charge in [0.15, 0.2) is 5.11 Å². The molecule has 1 fully saturated rings. The number of amides is 1. The zero-order chi connectivity index (χ0) is 22.8. The van der Waals surface area contributed by atoms with Gasteiger partial charge in [0.25, 0.3) is 11.6 Å². The first-order chi connectivity index (χ1) is 14.6. The van der Waals surface area contributed by atoms with Crippen LogP contribution in [-0.2, 0) is 6.18 Å². The molecule has 12 heteroatoms. The van der Waals surface area contributed by atoms with Crippen LogP contribution in [0.3, 0.4) is 0 Å². The molecule has 0 spiro atoms. The molecule has 2 aromatic rings. The number of benzene rings is 2. The number of nitro benzene ring substituents is 1. The summed E-state index contributed by atoms with van der Waals surface area (Å²) in [5.41, 5.74) is -1.13. The second-order valence-corrected chi connectivity index (χ2v) is 8.00. The molecule has 1 aliphatic heterocycles. The highest BCUT2D eigenvalue weighted by Gasteiger charge is 2.34. The molecule has 0 aliphatic carbocycles. The van der Waals surface area contributed by atoms with Crippen LogP contribution in [0.25, 0.3) is 0 Å². The number of hydrogen-bond donors (Lipinski definition) is 1. The van der Waals surface area contributed by atoms with Crippen molar-refractivity contribution in [2.45, 2.75) is 6.18 Å². The second-order valence-electron chi connectivity index (χ2n) is 6.70. The van der Waals surface area contributed by atoms with Crippen LogP contribution < -0.4 is 10.2 Å². The molecule has 1 saturated heterocycles. The number of hydrogen-bond acceptors (Lipinski definition) is 5. The van der Waals surface area contributed by atoms with Crippen molar-refractivity contribution in [2.24, 2.45) is 0 Å². The Hall–Kier alpha value is -2.73. The molecular formula is C19H16BrF3N4O3S. The number of alkyl halides is 3. The van der Waals surface area contributed by atoms with Crippen molar-refractivity contribution in [3.8, 4) is 0 Å². The molecule has 0 atom stereocenters. The molecule has 1 amide bonds. The van der Waals surface area contributed by atoms with E-state index in [1.165, 1.54) is 0 Å². The van der Waals surface area contributed by atoms with Crippen molar-refractivity contribution in [1.29, 1.82) is 0 Å². The van der Waals surface area contributed by atoms with Gasteiger partial charge in [-0.15, -0.1) is 0 Å². The van der Waals surface area contributed by atoms with Crippen molar-refractivity contribution in [3.05, 3.63) is 68.2 Å². The molecule has 0 radical (unpaired) electrons. The van der Waals surface area contributed by atoms with E-state index >= 15 is 0 Å². The minimum Gasteiger partial charge on any atom is -0.362 e. The van der Waals surface area contributed by atoms with Gasteiger partial charge in [-0.3, -0.25) is 20.2 Å². The zero-order valence-corrected chi connectivity index (χ0v) is 18.3. The summed E-state index contributed by atoms with van der Waals surface area (Å²) in [6.07, 6.45) is -4.67. The molecule has 0 bridgehead atoms. The number of carbonyl (C=O) groups excluding carboxylic acids is 1. The number of piperazine rings is 1. The molecule has 1 N–H and O–H groups in total. The van der Waals surface area contributed by atoms with Gasteiger partial charge in [0.1, 0.15) is 5.69 Å². The van der Waals surface area contributed by atoms with Crippen molar-refractivity contribution >= 4 is 50.5 Å². The molecular weight excluding hydrogens is 501 g/mol. The minimum absolute atomic E-state index is 0.113. The maximum atomic E-state index is 12.9. The number of halogens is 4. The molecule has 1 aliphatic rings. The largest absolute Gasteiger partial charge is 0.416 e. The number of anilines is 1. The first-order valence-electron chi connectivity index (χ1n) is 9.02. The summed E-state index contributed by atoms with van der Waals surface area (Å²) in [4.78, 5) is 26.2. The quantitative estimate of drug-likeness (QED) is 0.374. The van der Waals surface area contributed by atoms with Gasteiger partial charge in [-0.2, -0.15) is 13.2 Å². The fourth-order valence-corrected chi connectivity index (χ4v) is 3.65. The maximum Gasteiger partial charge on any atom is 0.416 e. The Bertz CT molecular complexity index is 1010. The molecule has 31 heavy (non-hydrogen) atoms. The number of nitro groups is 1. The van der Waals surface area contributed by atoms with Crippen LogP contribution in [0.15, 0.2) is 46.9 Å². The summed E-state index contributed by atoms with van der Waals surface area (Å²) in [6, 6.07) is 9.24. The third kappa shape index (κ3) is 5.50. The Kier molecular flexibility index (Phi) is 6.80. The van der Waals surface area contributed by atoms with Gasteiger partial charge in [-0.25, -0.2) is 0 Å². The molecule has 2 aromatic carbocycles. The van der Waals surface area contributed by atoms with Gasteiger partial charge in [0.05, 0.1) is 10.5 Å².